The highest BCUT2D eigenvalue weighted by Crippen LogP contribution is 2.37. The van der Waals surface area contributed by atoms with E-state index >= 15 is 0 Å². The van der Waals surface area contributed by atoms with Crippen molar-refractivity contribution in [1.82, 2.24) is 15.2 Å². The summed E-state index contributed by atoms with van der Waals surface area (Å²) in [6, 6.07) is 6.64. The molecule has 0 spiro atoms. The molecule has 0 fully saturated rings. The maximum absolute atomic E-state index is 14.1. The fourth-order valence-corrected chi connectivity index (χ4v) is 4.30. The van der Waals surface area contributed by atoms with E-state index in [0.717, 1.165) is 24.3 Å². The van der Waals surface area contributed by atoms with Crippen molar-refractivity contribution in [3.8, 4) is 0 Å². The Balaban J connectivity index is 1.83. The number of alkyl halides is 2. The highest BCUT2D eigenvalue weighted by Gasteiger charge is 2.34. The summed E-state index contributed by atoms with van der Waals surface area (Å²) < 4.78 is 54.4. The van der Waals surface area contributed by atoms with Gasteiger partial charge in [0.15, 0.2) is 0 Å². The van der Waals surface area contributed by atoms with Gasteiger partial charge >= 0.3 is 0 Å². The van der Waals surface area contributed by atoms with E-state index in [4.69, 9.17) is 23.2 Å². The van der Waals surface area contributed by atoms with Gasteiger partial charge in [0.05, 0.1) is 24.0 Å². The van der Waals surface area contributed by atoms with Crippen molar-refractivity contribution < 1.29 is 31.9 Å². The number of hydrogen-bond donors (Lipinski definition) is 3. The molecule has 0 radical (unpaired) electrons. The minimum absolute atomic E-state index is 0.0205. The lowest BCUT2D eigenvalue weighted by Crippen LogP contribution is -2.41. The van der Waals surface area contributed by atoms with E-state index in [-0.39, 0.29) is 38.2 Å². The second-order valence-electron chi connectivity index (χ2n) is 7.79. The third-order valence-electron chi connectivity index (χ3n) is 5.31. The number of fused-ring (bicyclic) bond motifs is 1. The zero-order valence-electron chi connectivity index (χ0n) is 18.1. The molecule has 13 heteroatoms. The Kier molecular flexibility index (Phi) is 7.23. The highest BCUT2D eigenvalue weighted by molar-refractivity contribution is 6.31. The van der Waals surface area contributed by atoms with Gasteiger partial charge in [0.25, 0.3) is 18.2 Å². The molecule has 0 bridgehead atoms. The molecule has 0 aliphatic carbocycles. The summed E-state index contributed by atoms with van der Waals surface area (Å²) in [7, 11) is 0. The van der Waals surface area contributed by atoms with Gasteiger partial charge in [0.2, 0.25) is 5.91 Å². The van der Waals surface area contributed by atoms with Crippen LogP contribution < -0.4 is 16.0 Å². The van der Waals surface area contributed by atoms with Crippen LogP contribution in [0, 0.1) is 11.6 Å². The predicted molar refractivity (Wildman–Crippen MR) is 124 cm³/mol. The molecule has 2 heterocycles. The number of aromatic nitrogens is 1. The molecule has 0 saturated carbocycles. The van der Waals surface area contributed by atoms with Gasteiger partial charge in [-0.3, -0.25) is 14.4 Å². The van der Waals surface area contributed by atoms with Gasteiger partial charge in [-0.25, -0.2) is 17.6 Å². The minimum Gasteiger partial charge on any atom is -0.345 e. The molecule has 1 aromatic heterocycles. The molecule has 3 amide bonds. The standard InChI is InChI=1S/C23H16Cl2F4N4O3/c24-11-3-10(4-13(27)5-11)22(35)31-16-7-17(23(36)30-8-18(28)29)33-9-19(34)32-20(21(16)33)14-6-12(26)1-2-15(14)25/h1-7,18,20H,8-9H2,(H,30,36)(H,31,35)(H,32,34). The van der Waals surface area contributed by atoms with Crippen molar-refractivity contribution in [2.45, 2.75) is 19.0 Å². The van der Waals surface area contributed by atoms with Crippen molar-refractivity contribution in [2.75, 3.05) is 11.9 Å². The molecule has 1 aliphatic rings. The van der Waals surface area contributed by atoms with Crippen molar-refractivity contribution >= 4 is 46.6 Å². The monoisotopic (exact) mass is 542 g/mol. The topological polar surface area (TPSA) is 92.2 Å². The number of benzene rings is 2. The molecule has 7 nitrogen and oxygen atoms in total. The predicted octanol–water partition coefficient (Wildman–Crippen LogP) is 4.54. The number of halogens is 6. The van der Waals surface area contributed by atoms with Crippen LogP contribution in [0.1, 0.15) is 38.1 Å². The Bertz CT molecular complexity index is 1360. The second-order valence-corrected chi connectivity index (χ2v) is 8.64. The number of anilines is 1. The number of carbonyl (C=O) groups is 3. The lowest BCUT2D eigenvalue weighted by molar-refractivity contribution is -0.123. The normalized spacial score (nSPS) is 14.9. The highest BCUT2D eigenvalue weighted by atomic mass is 35.5. The van der Waals surface area contributed by atoms with Crippen molar-refractivity contribution in [3.63, 3.8) is 0 Å². The fourth-order valence-electron chi connectivity index (χ4n) is 3.85. The van der Waals surface area contributed by atoms with Crippen molar-refractivity contribution in [3.05, 3.63) is 86.7 Å². The summed E-state index contributed by atoms with van der Waals surface area (Å²) in [5.41, 5.74) is -0.143. The Morgan fingerprint density at radius 1 is 1.06 bits per heavy atom. The van der Waals surface area contributed by atoms with Crippen LogP contribution in [-0.4, -0.2) is 35.3 Å². The largest absolute Gasteiger partial charge is 0.345 e. The number of carbonyl (C=O) groups excluding carboxylic acids is 3. The number of hydrogen-bond acceptors (Lipinski definition) is 3. The lowest BCUT2D eigenvalue weighted by Gasteiger charge is -2.29. The molecule has 1 atom stereocenters. The van der Waals surface area contributed by atoms with Crippen LogP contribution in [0.2, 0.25) is 10.0 Å². The van der Waals surface area contributed by atoms with Crippen molar-refractivity contribution in [2.24, 2.45) is 0 Å². The molecule has 36 heavy (non-hydrogen) atoms. The SMILES string of the molecule is O=C1Cn2c(C(=O)NCC(F)F)cc(NC(=O)c3cc(F)cc(Cl)c3)c2C(c2cc(F)ccc2Cl)N1. The second kappa shape index (κ2) is 10.2. The van der Waals surface area contributed by atoms with Gasteiger partial charge in [-0.2, -0.15) is 0 Å². The van der Waals surface area contributed by atoms with Crippen molar-refractivity contribution in [1.29, 1.82) is 0 Å². The number of nitrogens with zero attached hydrogens (tertiary/aromatic N) is 1. The van der Waals surface area contributed by atoms with E-state index < -0.39 is 54.9 Å². The molecule has 0 saturated heterocycles. The molecule has 3 N–H and O–H groups in total. The van der Waals surface area contributed by atoms with Gasteiger partial charge < -0.3 is 20.5 Å². The number of nitrogens with one attached hydrogen (secondary N) is 3. The average Bonchev–Trinajstić information content (AvgIpc) is 3.15. The van der Waals surface area contributed by atoms with Gasteiger partial charge in [0.1, 0.15) is 23.9 Å². The van der Waals surface area contributed by atoms with E-state index in [1.54, 1.807) is 0 Å². The Labute approximate surface area is 211 Å². The quantitative estimate of drug-likeness (QED) is 0.399. The molecular weight excluding hydrogens is 527 g/mol. The first kappa shape index (κ1) is 25.5. The van der Waals surface area contributed by atoms with Gasteiger partial charge in [-0.1, -0.05) is 23.2 Å². The molecule has 1 unspecified atom stereocenters. The van der Waals surface area contributed by atoms with Crippen LogP contribution in [0.15, 0.2) is 42.5 Å². The van der Waals surface area contributed by atoms with E-state index in [1.807, 2.05) is 5.32 Å². The zero-order valence-corrected chi connectivity index (χ0v) is 19.6. The Hall–Kier alpha value is -3.57. The number of amides is 3. The van der Waals surface area contributed by atoms with Crippen LogP contribution in [0.5, 0.6) is 0 Å². The van der Waals surface area contributed by atoms with Gasteiger partial charge in [-0.15, -0.1) is 0 Å². The van der Waals surface area contributed by atoms with Crippen LogP contribution in [0.3, 0.4) is 0 Å². The summed E-state index contributed by atoms with van der Waals surface area (Å²) >= 11 is 12.1. The Morgan fingerprint density at radius 3 is 2.50 bits per heavy atom. The lowest BCUT2D eigenvalue weighted by atomic mass is 10.0. The third-order valence-corrected chi connectivity index (χ3v) is 5.87. The van der Waals surface area contributed by atoms with Gasteiger partial charge in [-0.05, 0) is 42.5 Å². The van der Waals surface area contributed by atoms with E-state index in [0.29, 0.717) is 0 Å². The Morgan fingerprint density at radius 2 is 1.81 bits per heavy atom. The smallest absolute Gasteiger partial charge is 0.268 e. The molecule has 2 aromatic carbocycles. The first-order valence-corrected chi connectivity index (χ1v) is 11.1. The summed E-state index contributed by atoms with van der Waals surface area (Å²) in [6.07, 6.45) is -2.83. The first-order valence-electron chi connectivity index (χ1n) is 10.3. The molecule has 4 rings (SSSR count). The van der Waals surface area contributed by atoms with Gasteiger partial charge in [0, 0.05) is 21.2 Å². The van der Waals surface area contributed by atoms with Crippen LogP contribution in [0.25, 0.3) is 0 Å². The zero-order chi connectivity index (χ0) is 26.1. The first-order chi connectivity index (χ1) is 17.0. The maximum atomic E-state index is 14.1. The van der Waals surface area contributed by atoms with E-state index in [9.17, 15) is 31.9 Å². The summed E-state index contributed by atoms with van der Waals surface area (Å²) in [5, 5.41) is 7.25. The molecule has 3 aromatic rings. The van der Waals surface area contributed by atoms with Crippen LogP contribution in [0.4, 0.5) is 23.2 Å². The average molecular weight is 543 g/mol. The summed E-state index contributed by atoms with van der Waals surface area (Å²) in [4.78, 5) is 38.1. The maximum Gasteiger partial charge on any atom is 0.268 e. The minimum atomic E-state index is -2.83. The molecule has 1 aliphatic heterocycles. The molecule has 188 valence electrons. The van der Waals surface area contributed by atoms with E-state index in [1.165, 1.54) is 22.8 Å². The fraction of sp³-hybridized carbons (Fsp3) is 0.174. The summed E-state index contributed by atoms with van der Waals surface area (Å²) in [6.45, 7) is -1.36. The van der Waals surface area contributed by atoms with Crippen LogP contribution >= 0.6 is 23.2 Å². The third kappa shape index (κ3) is 5.31. The molecular formula is C23H16Cl2F4N4O3. The van der Waals surface area contributed by atoms with Crippen LogP contribution in [-0.2, 0) is 11.3 Å². The number of rotatable bonds is 6. The van der Waals surface area contributed by atoms with E-state index in [2.05, 4.69) is 10.6 Å². The summed E-state index contributed by atoms with van der Waals surface area (Å²) in [5.74, 6) is -3.77.